The van der Waals surface area contributed by atoms with E-state index in [0.717, 1.165) is 0 Å². The fourth-order valence-electron chi connectivity index (χ4n) is 1.63. The van der Waals surface area contributed by atoms with Crippen LogP contribution in [-0.4, -0.2) is 11.8 Å². The van der Waals surface area contributed by atoms with E-state index in [2.05, 4.69) is 0 Å². The first-order valence-corrected chi connectivity index (χ1v) is 6.40. The van der Waals surface area contributed by atoms with Gasteiger partial charge in [0.2, 0.25) is 11.8 Å². The standard InChI is InChI=1S/C13H23F4/c1-3-9-13(16,17)11-8-6-5-7-10-12(14,15)4-2/h6H,3-5,7-11H2,1-2H3. The van der Waals surface area contributed by atoms with Crippen molar-refractivity contribution in [2.75, 3.05) is 0 Å². The molecule has 0 amide bonds. The van der Waals surface area contributed by atoms with Crippen LogP contribution >= 0.6 is 0 Å². The molecular weight excluding hydrogens is 232 g/mol. The molecule has 0 nitrogen and oxygen atoms in total. The Balaban J connectivity index is 3.47. The molecule has 0 heterocycles. The maximum absolute atomic E-state index is 13.0. The lowest BCUT2D eigenvalue weighted by Crippen LogP contribution is -2.15. The number of hydrogen-bond donors (Lipinski definition) is 0. The molecule has 0 bridgehead atoms. The average Bonchev–Trinajstić information content (AvgIpc) is 2.23. The van der Waals surface area contributed by atoms with Crippen molar-refractivity contribution in [3.8, 4) is 0 Å². The van der Waals surface area contributed by atoms with Crippen molar-refractivity contribution in [3.05, 3.63) is 6.42 Å². The second-order valence-electron chi connectivity index (χ2n) is 4.54. The number of unbranched alkanes of at least 4 members (excludes halogenated alkanes) is 3. The van der Waals surface area contributed by atoms with Crippen LogP contribution in [0.2, 0.25) is 0 Å². The van der Waals surface area contributed by atoms with E-state index in [1.807, 2.05) is 0 Å². The van der Waals surface area contributed by atoms with Gasteiger partial charge in [0.15, 0.2) is 0 Å². The SMILES string of the molecule is CCCC(F)(F)CC[CH]CCCC(F)(F)CC. The number of alkyl halides is 4. The Hall–Kier alpha value is -0.280. The van der Waals surface area contributed by atoms with Crippen LogP contribution in [0.1, 0.15) is 65.2 Å². The fourth-order valence-corrected chi connectivity index (χ4v) is 1.63. The van der Waals surface area contributed by atoms with Crippen LogP contribution in [0.3, 0.4) is 0 Å². The zero-order chi connectivity index (χ0) is 13.4. The van der Waals surface area contributed by atoms with Crippen molar-refractivity contribution in [1.29, 1.82) is 0 Å². The molecule has 4 heteroatoms. The van der Waals surface area contributed by atoms with E-state index >= 15 is 0 Å². The van der Waals surface area contributed by atoms with Gasteiger partial charge in [0, 0.05) is 25.7 Å². The van der Waals surface area contributed by atoms with E-state index in [0.29, 0.717) is 25.7 Å². The molecule has 0 rings (SSSR count). The summed E-state index contributed by atoms with van der Waals surface area (Å²) in [6.45, 7) is 3.18. The Labute approximate surface area is 102 Å². The summed E-state index contributed by atoms with van der Waals surface area (Å²) in [6, 6.07) is 0. The Kier molecular flexibility index (Phi) is 7.80. The lowest BCUT2D eigenvalue weighted by Gasteiger charge is -2.15. The topological polar surface area (TPSA) is 0 Å². The molecule has 0 aliphatic rings. The minimum Gasteiger partial charge on any atom is -0.207 e. The molecule has 0 saturated heterocycles. The van der Waals surface area contributed by atoms with Crippen LogP contribution in [0.25, 0.3) is 0 Å². The molecule has 0 unspecified atom stereocenters. The second kappa shape index (κ2) is 7.93. The van der Waals surface area contributed by atoms with Crippen molar-refractivity contribution < 1.29 is 17.6 Å². The zero-order valence-corrected chi connectivity index (χ0v) is 10.7. The minimum absolute atomic E-state index is 0.0885. The van der Waals surface area contributed by atoms with E-state index in [9.17, 15) is 17.6 Å². The first-order valence-electron chi connectivity index (χ1n) is 6.40. The summed E-state index contributed by atoms with van der Waals surface area (Å²) in [5.74, 6) is -5.20. The Morgan fingerprint density at radius 1 is 0.824 bits per heavy atom. The lowest BCUT2D eigenvalue weighted by atomic mass is 10.0. The first kappa shape index (κ1) is 16.7. The largest absolute Gasteiger partial charge is 0.248 e. The molecule has 0 aromatic carbocycles. The minimum atomic E-state index is -2.60. The van der Waals surface area contributed by atoms with Crippen molar-refractivity contribution >= 4 is 0 Å². The normalized spacial score (nSPS) is 13.1. The summed E-state index contributed by atoms with van der Waals surface area (Å²) in [5, 5.41) is 0. The monoisotopic (exact) mass is 255 g/mol. The highest BCUT2D eigenvalue weighted by Crippen LogP contribution is 2.28. The smallest absolute Gasteiger partial charge is 0.207 e. The molecule has 0 aromatic heterocycles. The molecule has 0 aromatic rings. The second-order valence-corrected chi connectivity index (χ2v) is 4.54. The molecule has 0 saturated carbocycles. The van der Waals surface area contributed by atoms with Gasteiger partial charge in [-0.2, -0.15) is 0 Å². The van der Waals surface area contributed by atoms with Crippen LogP contribution in [0.15, 0.2) is 0 Å². The maximum Gasteiger partial charge on any atom is 0.248 e. The molecule has 0 aliphatic carbocycles. The van der Waals surface area contributed by atoms with Gasteiger partial charge >= 0.3 is 0 Å². The van der Waals surface area contributed by atoms with E-state index in [1.165, 1.54) is 6.92 Å². The van der Waals surface area contributed by atoms with Gasteiger partial charge < -0.3 is 0 Å². The zero-order valence-electron chi connectivity index (χ0n) is 10.7. The summed E-state index contributed by atoms with van der Waals surface area (Å²) in [7, 11) is 0. The van der Waals surface area contributed by atoms with Gasteiger partial charge in [-0.15, -0.1) is 0 Å². The average molecular weight is 255 g/mol. The van der Waals surface area contributed by atoms with Gasteiger partial charge in [-0.1, -0.05) is 20.3 Å². The van der Waals surface area contributed by atoms with Crippen LogP contribution in [0, 0.1) is 6.42 Å². The van der Waals surface area contributed by atoms with Crippen LogP contribution < -0.4 is 0 Å². The van der Waals surface area contributed by atoms with Gasteiger partial charge in [0.05, 0.1) is 0 Å². The third-order valence-electron chi connectivity index (χ3n) is 2.80. The van der Waals surface area contributed by atoms with Crippen LogP contribution in [-0.2, 0) is 0 Å². The van der Waals surface area contributed by atoms with Crippen molar-refractivity contribution in [1.82, 2.24) is 0 Å². The highest BCUT2D eigenvalue weighted by atomic mass is 19.3. The van der Waals surface area contributed by atoms with Crippen LogP contribution in [0.5, 0.6) is 0 Å². The van der Waals surface area contributed by atoms with E-state index < -0.39 is 11.8 Å². The predicted octanol–water partition coefficient (Wildman–Crippen LogP) is 5.62. The lowest BCUT2D eigenvalue weighted by molar-refractivity contribution is -0.0184. The molecule has 17 heavy (non-hydrogen) atoms. The molecule has 0 N–H and O–H groups in total. The fraction of sp³-hybridized carbons (Fsp3) is 0.923. The number of halogens is 4. The molecule has 103 valence electrons. The van der Waals surface area contributed by atoms with E-state index in [1.54, 1.807) is 13.3 Å². The van der Waals surface area contributed by atoms with Gasteiger partial charge in [0.1, 0.15) is 0 Å². The Morgan fingerprint density at radius 3 is 2.00 bits per heavy atom. The van der Waals surface area contributed by atoms with E-state index in [4.69, 9.17) is 0 Å². The highest BCUT2D eigenvalue weighted by Gasteiger charge is 2.27. The highest BCUT2D eigenvalue weighted by molar-refractivity contribution is 4.74. The van der Waals surface area contributed by atoms with Gasteiger partial charge in [-0.25, -0.2) is 17.6 Å². The van der Waals surface area contributed by atoms with Gasteiger partial charge in [-0.3, -0.25) is 0 Å². The van der Waals surface area contributed by atoms with Crippen molar-refractivity contribution in [2.45, 2.75) is 77.1 Å². The predicted molar refractivity (Wildman–Crippen MR) is 62.5 cm³/mol. The molecule has 0 spiro atoms. The van der Waals surface area contributed by atoms with Crippen molar-refractivity contribution in [3.63, 3.8) is 0 Å². The van der Waals surface area contributed by atoms with Gasteiger partial charge in [0.25, 0.3) is 0 Å². The summed E-state index contributed by atoms with van der Waals surface area (Å²) < 4.78 is 51.7. The molecule has 0 aliphatic heterocycles. The Morgan fingerprint density at radius 2 is 1.47 bits per heavy atom. The quantitative estimate of drug-likeness (QED) is 0.351. The summed E-state index contributed by atoms with van der Waals surface area (Å²) >= 11 is 0. The van der Waals surface area contributed by atoms with Crippen LogP contribution in [0.4, 0.5) is 17.6 Å². The maximum atomic E-state index is 13.0. The van der Waals surface area contributed by atoms with Gasteiger partial charge in [-0.05, 0) is 25.7 Å². The number of rotatable bonds is 10. The molecular formula is C13H23F4. The molecule has 0 fully saturated rings. The summed E-state index contributed by atoms with van der Waals surface area (Å²) in [4.78, 5) is 0. The number of hydrogen-bond acceptors (Lipinski definition) is 0. The third-order valence-corrected chi connectivity index (χ3v) is 2.80. The summed E-state index contributed by atoms with van der Waals surface area (Å²) in [6.07, 6.45) is 2.81. The van der Waals surface area contributed by atoms with Crippen molar-refractivity contribution in [2.24, 2.45) is 0 Å². The Bertz CT molecular complexity index is 190. The molecule has 0 atom stereocenters. The van der Waals surface area contributed by atoms with E-state index in [-0.39, 0.29) is 25.7 Å². The molecule has 1 radical (unpaired) electrons. The third kappa shape index (κ3) is 9.42. The first-order chi connectivity index (χ1) is 7.83. The summed E-state index contributed by atoms with van der Waals surface area (Å²) in [5.41, 5.74) is 0.